The standard InChI is InChI=1S/C17H19BrO5/c1-9(14(19)10-5-7-11(18)8-6-10)13-12(15(20)22-4)16(21)23-17(13,2)3/h5-9,12-13H,1-4H3/t9-,12+,13+/m0/s1. The first-order valence-corrected chi connectivity index (χ1v) is 8.09. The normalized spacial score (nSPS) is 24.0. The average molecular weight is 383 g/mol. The van der Waals surface area contributed by atoms with E-state index in [9.17, 15) is 14.4 Å². The van der Waals surface area contributed by atoms with Crippen LogP contribution in [0.3, 0.4) is 0 Å². The number of ether oxygens (including phenoxy) is 2. The lowest BCUT2D eigenvalue weighted by Crippen LogP contribution is -2.41. The first-order valence-electron chi connectivity index (χ1n) is 7.29. The molecule has 2 rings (SSSR count). The van der Waals surface area contributed by atoms with E-state index in [2.05, 4.69) is 15.9 Å². The van der Waals surface area contributed by atoms with Crippen LogP contribution in [-0.2, 0) is 19.1 Å². The summed E-state index contributed by atoms with van der Waals surface area (Å²) < 4.78 is 10.9. The van der Waals surface area contributed by atoms with Gasteiger partial charge in [-0.1, -0.05) is 35.0 Å². The predicted molar refractivity (Wildman–Crippen MR) is 86.8 cm³/mol. The molecule has 1 heterocycles. The van der Waals surface area contributed by atoms with Gasteiger partial charge in [0.25, 0.3) is 0 Å². The summed E-state index contributed by atoms with van der Waals surface area (Å²) in [6, 6.07) is 6.97. The topological polar surface area (TPSA) is 69.7 Å². The van der Waals surface area contributed by atoms with Crippen LogP contribution in [0, 0.1) is 17.8 Å². The van der Waals surface area contributed by atoms with E-state index < -0.39 is 35.3 Å². The number of benzene rings is 1. The molecule has 1 saturated heterocycles. The summed E-state index contributed by atoms with van der Waals surface area (Å²) in [6.07, 6.45) is 0. The number of methoxy groups -OCH3 is 1. The molecule has 124 valence electrons. The molecule has 0 radical (unpaired) electrons. The Balaban J connectivity index is 2.35. The molecule has 0 spiro atoms. The third-order valence-corrected chi connectivity index (χ3v) is 4.84. The highest BCUT2D eigenvalue weighted by Crippen LogP contribution is 2.43. The van der Waals surface area contributed by atoms with Crippen LogP contribution < -0.4 is 0 Å². The number of esters is 2. The molecule has 3 atom stereocenters. The summed E-state index contributed by atoms with van der Waals surface area (Å²) in [5.74, 6) is -3.67. The molecule has 6 heteroatoms. The van der Waals surface area contributed by atoms with Crippen LogP contribution in [0.2, 0.25) is 0 Å². The van der Waals surface area contributed by atoms with Crippen molar-refractivity contribution in [3.8, 4) is 0 Å². The third-order valence-electron chi connectivity index (χ3n) is 4.32. The van der Waals surface area contributed by atoms with Crippen LogP contribution in [0.1, 0.15) is 31.1 Å². The number of hydrogen-bond acceptors (Lipinski definition) is 5. The Morgan fingerprint density at radius 2 is 1.83 bits per heavy atom. The molecular weight excluding hydrogens is 364 g/mol. The summed E-state index contributed by atoms with van der Waals surface area (Å²) in [7, 11) is 1.22. The summed E-state index contributed by atoms with van der Waals surface area (Å²) in [4.78, 5) is 36.8. The van der Waals surface area contributed by atoms with Gasteiger partial charge < -0.3 is 9.47 Å². The molecule has 0 N–H and O–H groups in total. The van der Waals surface area contributed by atoms with Gasteiger partial charge in [0, 0.05) is 21.9 Å². The zero-order valence-corrected chi connectivity index (χ0v) is 15.0. The average Bonchev–Trinajstić information content (AvgIpc) is 2.74. The Labute approximate surface area is 143 Å². The number of Topliss-reactive ketones (excluding diaryl/α,β-unsaturated/α-hetero) is 1. The van der Waals surface area contributed by atoms with Crippen LogP contribution in [0.5, 0.6) is 0 Å². The van der Waals surface area contributed by atoms with Crippen molar-refractivity contribution in [1.29, 1.82) is 0 Å². The van der Waals surface area contributed by atoms with Crippen molar-refractivity contribution in [1.82, 2.24) is 0 Å². The van der Waals surface area contributed by atoms with E-state index in [-0.39, 0.29) is 5.78 Å². The lowest BCUT2D eigenvalue weighted by molar-refractivity contribution is -0.156. The van der Waals surface area contributed by atoms with Crippen LogP contribution >= 0.6 is 15.9 Å². The Kier molecular flexibility index (Phi) is 4.94. The van der Waals surface area contributed by atoms with Crippen LogP contribution in [0.15, 0.2) is 28.7 Å². The maximum absolute atomic E-state index is 12.8. The minimum atomic E-state index is -1.08. The van der Waals surface area contributed by atoms with Crippen LogP contribution in [-0.4, -0.2) is 30.4 Å². The third kappa shape index (κ3) is 3.32. The van der Waals surface area contributed by atoms with E-state index in [4.69, 9.17) is 9.47 Å². The summed E-state index contributed by atoms with van der Waals surface area (Å²) >= 11 is 3.32. The van der Waals surface area contributed by atoms with Crippen molar-refractivity contribution in [2.24, 2.45) is 17.8 Å². The highest BCUT2D eigenvalue weighted by atomic mass is 79.9. The Hall–Kier alpha value is -1.69. The Bertz CT molecular complexity index is 635. The van der Waals surface area contributed by atoms with Gasteiger partial charge >= 0.3 is 11.9 Å². The first kappa shape index (κ1) is 17.7. The monoisotopic (exact) mass is 382 g/mol. The number of rotatable bonds is 4. The largest absolute Gasteiger partial charge is 0.468 e. The molecule has 5 nitrogen and oxygen atoms in total. The van der Waals surface area contributed by atoms with E-state index in [1.165, 1.54) is 7.11 Å². The fraction of sp³-hybridized carbons (Fsp3) is 0.471. The van der Waals surface area contributed by atoms with E-state index in [0.29, 0.717) is 5.56 Å². The maximum Gasteiger partial charge on any atom is 0.321 e. The minimum Gasteiger partial charge on any atom is -0.468 e. The predicted octanol–water partition coefficient (Wildman–Crippen LogP) is 3.01. The van der Waals surface area contributed by atoms with Gasteiger partial charge in [0.1, 0.15) is 5.60 Å². The van der Waals surface area contributed by atoms with E-state index in [1.807, 2.05) is 0 Å². The molecule has 1 aliphatic rings. The summed E-state index contributed by atoms with van der Waals surface area (Å²) in [5.41, 5.74) is -0.389. The maximum atomic E-state index is 12.8. The minimum absolute atomic E-state index is 0.136. The SMILES string of the molecule is COC(=O)[C@@H]1C(=O)OC(C)(C)[C@@H]1[C@H](C)C(=O)c1ccc(Br)cc1. The Morgan fingerprint density at radius 1 is 1.26 bits per heavy atom. The molecule has 0 amide bonds. The molecule has 0 aromatic heterocycles. The van der Waals surface area contributed by atoms with Gasteiger partial charge in [-0.2, -0.15) is 0 Å². The van der Waals surface area contributed by atoms with E-state index in [0.717, 1.165) is 4.47 Å². The molecule has 1 aromatic rings. The highest BCUT2D eigenvalue weighted by Gasteiger charge is 2.57. The molecule has 1 fully saturated rings. The second-order valence-corrected chi connectivity index (χ2v) is 7.13. The fourth-order valence-electron chi connectivity index (χ4n) is 3.24. The van der Waals surface area contributed by atoms with Gasteiger partial charge in [0.15, 0.2) is 11.7 Å². The van der Waals surface area contributed by atoms with Crippen molar-refractivity contribution < 1.29 is 23.9 Å². The second kappa shape index (κ2) is 6.43. The lowest BCUT2D eigenvalue weighted by atomic mass is 9.72. The molecule has 0 aliphatic carbocycles. The Morgan fingerprint density at radius 3 is 2.35 bits per heavy atom. The smallest absolute Gasteiger partial charge is 0.321 e. The molecule has 23 heavy (non-hydrogen) atoms. The van der Waals surface area contributed by atoms with Gasteiger partial charge in [0.2, 0.25) is 0 Å². The number of carbonyl (C=O) groups is 3. The van der Waals surface area contributed by atoms with Crippen molar-refractivity contribution in [2.75, 3.05) is 7.11 Å². The van der Waals surface area contributed by atoms with Gasteiger partial charge in [-0.05, 0) is 26.0 Å². The van der Waals surface area contributed by atoms with Gasteiger partial charge in [-0.15, -0.1) is 0 Å². The van der Waals surface area contributed by atoms with Crippen LogP contribution in [0.4, 0.5) is 0 Å². The zero-order chi connectivity index (χ0) is 17.4. The number of halogens is 1. The van der Waals surface area contributed by atoms with Crippen molar-refractivity contribution >= 4 is 33.7 Å². The second-order valence-electron chi connectivity index (χ2n) is 6.21. The summed E-state index contributed by atoms with van der Waals surface area (Å²) in [5, 5.41) is 0. The molecular formula is C17H19BrO5. The van der Waals surface area contributed by atoms with Gasteiger partial charge in [0.05, 0.1) is 7.11 Å². The van der Waals surface area contributed by atoms with E-state index >= 15 is 0 Å². The van der Waals surface area contributed by atoms with Gasteiger partial charge in [-0.3, -0.25) is 14.4 Å². The van der Waals surface area contributed by atoms with Crippen LogP contribution in [0.25, 0.3) is 0 Å². The molecule has 0 saturated carbocycles. The van der Waals surface area contributed by atoms with Gasteiger partial charge in [-0.25, -0.2) is 0 Å². The van der Waals surface area contributed by atoms with Crippen molar-refractivity contribution in [2.45, 2.75) is 26.4 Å². The molecule has 1 aliphatic heterocycles. The lowest BCUT2D eigenvalue weighted by Gasteiger charge is -2.30. The van der Waals surface area contributed by atoms with E-state index in [1.54, 1.807) is 45.0 Å². The number of ketones is 1. The molecule has 0 bridgehead atoms. The first-order chi connectivity index (χ1) is 10.7. The summed E-state index contributed by atoms with van der Waals surface area (Å²) in [6.45, 7) is 5.14. The zero-order valence-electron chi connectivity index (χ0n) is 13.5. The number of cyclic esters (lactones) is 1. The highest BCUT2D eigenvalue weighted by molar-refractivity contribution is 9.10. The van der Waals surface area contributed by atoms with Crippen molar-refractivity contribution in [3.05, 3.63) is 34.3 Å². The molecule has 0 unspecified atom stereocenters. The fourth-order valence-corrected chi connectivity index (χ4v) is 3.50. The number of hydrogen-bond donors (Lipinski definition) is 0. The molecule has 1 aromatic carbocycles. The quantitative estimate of drug-likeness (QED) is 0.454. The number of carbonyl (C=O) groups excluding carboxylic acids is 3. The van der Waals surface area contributed by atoms with Crippen molar-refractivity contribution in [3.63, 3.8) is 0 Å².